The molecule has 0 amide bonds. The standard InChI is InChI=1S/C15H17NO/c1-2-5-13-9-8-12-6-3-4-7-14(12)15(13)17-11-10-16/h2-4,6-9H,1,5,10-11,16H2. The van der Waals surface area contributed by atoms with Crippen molar-refractivity contribution < 1.29 is 4.74 Å². The minimum absolute atomic E-state index is 0.525. The maximum absolute atomic E-state index is 5.78. The SMILES string of the molecule is C=CCc1ccc2ccccc2c1OCCN. The van der Waals surface area contributed by atoms with Crippen molar-refractivity contribution in [3.8, 4) is 5.75 Å². The van der Waals surface area contributed by atoms with E-state index in [1.807, 2.05) is 18.2 Å². The Kier molecular flexibility index (Phi) is 3.78. The monoisotopic (exact) mass is 227 g/mol. The van der Waals surface area contributed by atoms with Crippen molar-refractivity contribution in [2.45, 2.75) is 6.42 Å². The van der Waals surface area contributed by atoms with Crippen LogP contribution in [0, 0.1) is 0 Å². The molecule has 2 N–H and O–H groups in total. The van der Waals surface area contributed by atoms with Gasteiger partial charge < -0.3 is 10.5 Å². The number of rotatable bonds is 5. The van der Waals surface area contributed by atoms with Crippen LogP contribution < -0.4 is 10.5 Å². The average molecular weight is 227 g/mol. The first-order valence-corrected chi connectivity index (χ1v) is 5.81. The van der Waals surface area contributed by atoms with Gasteiger partial charge in [-0.25, -0.2) is 0 Å². The quantitative estimate of drug-likeness (QED) is 0.797. The van der Waals surface area contributed by atoms with Crippen molar-refractivity contribution in [1.29, 1.82) is 0 Å². The molecule has 2 nitrogen and oxygen atoms in total. The highest BCUT2D eigenvalue weighted by molar-refractivity contribution is 5.89. The molecule has 0 aliphatic rings. The van der Waals surface area contributed by atoms with Crippen LogP contribution in [0.3, 0.4) is 0 Å². The summed E-state index contributed by atoms with van der Waals surface area (Å²) in [4.78, 5) is 0. The Hall–Kier alpha value is -1.80. The van der Waals surface area contributed by atoms with Crippen LogP contribution in [0.1, 0.15) is 5.56 Å². The molecule has 0 saturated carbocycles. The third-order valence-electron chi connectivity index (χ3n) is 2.69. The van der Waals surface area contributed by atoms with Crippen molar-refractivity contribution in [1.82, 2.24) is 0 Å². The van der Waals surface area contributed by atoms with E-state index in [0.717, 1.165) is 23.1 Å². The number of ether oxygens (including phenoxy) is 1. The summed E-state index contributed by atoms with van der Waals surface area (Å²) in [6.45, 7) is 4.84. The molecule has 2 rings (SSSR count). The van der Waals surface area contributed by atoms with E-state index >= 15 is 0 Å². The number of fused-ring (bicyclic) bond motifs is 1. The molecule has 0 radical (unpaired) electrons. The van der Waals surface area contributed by atoms with Crippen molar-refractivity contribution in [3.63, 3.8) is 0 Å². The van der Waals surface area contributed by atoms with Crippen LogP contribution in [0.15, 0.2) is 49.1 Å². The first kappa shape index (κ1) is 11.7. The summed E-state index contributed by atoms with van der Waals surface area (Å²) in [5, 5.41) is 2.33. The lowest BCUT2D eigenvalue weighted by Gasteiger charge is -2.13. The fourth-order valence-corrected chi connectivity index (χ4v) is 1.94. The highest BCUT2D eigenvalue weighted by Crippen LogP contribution is 2.30. The molecule has 88 valence electrons. The summed E-state index contributed by atoms with van der Waals surface area (Å²) in [6, 6.07) is 12.4. The van der Waals surface area contributed by atoms with E-state index in [0.29, 0.717) is 13.2 Å². The van der Waals surface area contributed by atoms with Gasteiger partial charge in [0.25, 0.3) is 0 Å². The van der Waals surface area contributed by atoms with Crippen molar-refractivity contribution in [2.75, 3.05) is 13.2 Å². The van der Waals surface area contributed by atoms with Crippen molar-refractivity contribution in [3.05, 3.63) is 54.6 Å². The predicted molar refractivity (Wildman–Crippen MR) is 72.4 cm³/mol. The summed E-state index contributed by atoms with van der Waals surface area (Å²) >= 11 is 0. The van der Waals surface area contributed by atoms with Gasteiger partial charge in [-0.05, 0) is 17.4 Å². The third kappa shape index (κ3) is 2.48. The molecule has 0 spiro atoms. The second-order valence-corrected chi connectivity index (χ2v) is 3.90. The van der Waals surface area contributed by atoms with Crippen molar-refractivity contribution in [2.24, 2.45) is 5.73 Å². The normalized spacial score (nSPS) is 10.4. The molecule has 0 saturated heterocycles. The highest BCUT2D eigenvalue weighted by Gasteiger charge is 2.07. The van der Waals surface area contributed by atoms with E-state index in [1.54, 1.807) is 0 Å². The zero-order chi connectivity index (χ0) is 12.1. The Morgan fingerprint density at radius 2 is 2.00 bits per heavy atom. The lowest BCUT2D eigenvalue weighted by Crippen LogP contribution is -2.11. The molecule has 0 fully saturated rings. The molecule has 0 bridgehead atoms. The minimum Gasteiger partial charge on any atom is -0.491 e. The molecule has 0 atom stereocenters. The first-order chi connectivity index (χ1) is 8.36. The minimum atomic E-state index is 0.525. The van der Waals surface area contributed by atoms with Crippen LogP contribution in [0.25, 0.3) is 10.8 Å². The Morgan fingerprint density at radius 3 is 2.76 bits per heavy atom. The molecule has 17 heavy (non-hydrogen) atoms. The fourth-order valence-electron chi connectivity index (χ4n) is 1.94. The zero-order valence-electron chi connectivity index (χ0n) is 9.86. The number of hydrogen-bond acceptors (Lipinski definition) is 2. The Bertz CT molecular complexity index is 519. The van der Waals surface area contributed by atoms with E-state index in [-0.39, 0.29) is 0 Å². The van der Waals surface area contributed by atoms with E-state index in [1.165, 1.54) is 5.39 Å². The van der Waals surface area contributed by atoms with Crippen LogP contribution in [-0.2, 0) is 6.42 Å². The van der Waals surface area contributed by atoms with Crippen molar-refractivity contribution >= 4 is 10.8 Å². The van der Waals surface area contributed by atoms with Crippen LogP contribution in [0.2, 0.25) is 0 Å². The van der Waals surface area contributed by atoms with E-state index < -0.39 is 0 Å². The molecule has 0 aromatic heterocycles. The third-order valence-corrected chi connectivity index (χ3v) is 2.69. The van der Waals surface area contributed by atoms with Gasteiger partial charge in [0.05, 0.1) is 0 Å². The van der Waals surface area contributed by atoms with Crippen LogP contribution >= 0.6 is 0 Å². The first-order valence-electron chi connectivity index (χ1n) is 5.81. The fraction of sp³-hybridized carbons (Fsp3) is 0.200. The number of allylic oxidation sites excluding steroid dienone is 1. The molecular formula is C15H17NO. The van der Waals surface area contributed by atoms with E-state index in [2.05, 4.69) is 30.8 Å². The maximum Gasteiger partial charge on any atom is 0.130 e. The Balaban J connectivity index is 2.53. The second kappa shape index (κ2) is 5.51. The summed E-state index contributed by atoms with van der Waals surface area (Å²) in [5.41, 5.74) is 6.66. The number of nitrogens with two attached hydrogens (primary N) is 1. The van der Waals surface area contributed by atoms with Gasteiger partial charge in [-0.2, -0.15) is 0 Å². The molecule has 2 aromatic rings. The average Bonchev–Trinajstić information content (AvgIpc) is 2.37. The van der Waals surface area contributed by atoms with Gasteiger partial charge in [0.1, 0.15) is 12.4 Å². The van der Waals surface area contributed by atoms with Gasteiger partial charge in [-0.3, -0.25) is 0 Å². The lowest BCUT2D eigenvalue weighted by atomic mass is 10.0. The lowest BCUT2D eigenvalue weighted by molar-refractivity contribution is 0.329. The van der Waals surface area contributed by atoms with E-state index in [4.69, 9.17) is 10.5 Å². The van der Waals surface area contributed by atoms with Crippen LogP contribution in [0.4, 0.5) is 0 Å². The van der Waals surface area contributed by atoms with Gasteiger partial charge in [0, 0.05) is 11.9 Å². The largest absolute Gasteiger partial charge is 0.491 e. The molecule has 0 aliphatic carbocycles. The summed E-state index contributed by atoms with van der Waals surface area (Å²) < 4.78 is 5.78. The molecule has 0 aliphatic heterocycles. The molecule has 2 aromatic carbocycles. The highest BCUT2D eigenvalue weighted by atomic mass is 16.5. The van der Waals surface area contributed by atoms with Crippen LogP contribution in [-0.4, -0.2) is 13.2 Å². The van der Waals surface area contributed by atoms with E-state index in [9.17, 15) is 0 Å². The van der Waals surface area contributed by atoms with Gasteiger partial charge in [-0.1, -0.05) is 42.5 Å². The zero-order valence-corrected chi connectivity index (χ0v) is 9.86. The molecule has 2 heteroatoms. The summed E-state index contributed by atoms with van der Waals surface area (Å²) in [6.07, 6.45) is 2.70. The molecular weight excluding hydrogens is 210 g/mol. The Morgan fingerprint density at radius 1 is 1.18 bits per heavy atom. The second-order valence-electron chi connectivity index (χ2n) is 3.90. The number of benzene rings is 2. The van der Waals surface area contributed by atoms with Gasteiger partial charge >= 0.3 is 0 Å². The van der Waals surface area contributed by atoms with Gasteiger partial charge in [0.15, 0.2) is 0 Å². The summed E-state index contributed by atoms with van der Waals surface area (Å²) in [5.74, 6) is 0.938. The maximum atomic E-state index is 5.78. The molecule has 0 unspecified atom stereocenters. The summed E-state index contributed by atoms with van der Waals surface area (Å²) in [7, 11) is 0. The predicted octanol–water partition coefficient (Wildman–Crippen LogP) is 2.91. The van der Waals surface area contributed by atoms with Gasteiger partial charge in [0.2, 0.25) is 0 Å². The Labute approximate surface area is 102 Å². The topological polar surface area (TPSA) is 35.2 Å². The van der Waals surface area contributed by atoms with Gasteiger partial charge in [-0.15, -0.1) is 6.58 Å². The van der Waals surface area contributed by atoms with Crippen LogP contribution in [0.5, 0.6) is 5.75 Å². The molecule has 0 heterocycles. The number of hydrogen-bond donors (Lipinski definition) is 1. The smallest absolute Gasteiger partial charge is 0.130 e.